The van der Waals surface area contributed by atoms with Crippen molar-refractivity contribution in [2.75, 3.05) is 19.6 Å². The van der Waals surface area contributed by atoms with E-state index in [-0.39, 0.29) is 0 Å². The van der Waals surface area contributed by atoms with Crippen LogP contribution in [-0.2, 0) is 4.79 Å². The van der Waals surface area contributed by atoms with Crippen molar-refractivity contribution in [1.29, 1.82) is 0 Å². The minimum Gasteiger partial charge on any atom is -0.355 e. The van der Waals surface area contributed by atoms with E-state index in [1.807, 2.05) is 0 Å². The molecule has 3 heteroatoms. The van der Waals surface area contributed by atoms with E-state index in [4.69, 9.17) is 0 Å². The Labute approximate surface area is 67.8 Å². The zero-order valence-corrected chi connectivity index (χ0v) is 7.05. The Kier molecular flexibility index (Phi) is 3.36. The average Bonchev–Trinajstić information content (AvgIpc) is 2.06. The second-order valence-corrected chi connectivity index (χ2v) is 3.02. The Morgan fingerprint density at radius 3 is 3.18 bits per heavy atom. The van der Waals surface area contributed by atoms with Crippen LogP contribution >= 0.6 is 0 Å². The number of hydrogen-bond donors (Lipinski definition) is 1. The summed E-state index contributed by atoms with van der Waals surface area (Å²) in [5.74, 6) is 0. The number of carbonyl (C=O) groups excluding carboxylic acids is 1. The molecule has 0 aliphatic carbocycles. The molecule has 1 aliphatic rings. The highest BCUT2D eigenvalue weighted by Crippen LogP contribution is 2.08. The molecular formula is C8H16N2O. The second-order valence-electron chi connectivity index (χ2n) is 3.02. The summed E-state index contributed by atoms with van der Waals surface area (Å²) >= 11 is 0. The van der Waals surface area contributed by atoms with E-state index in [2.05, 4.69) is 17.1 Å². The minimum absolute atomic E-state index is 0.390. The molecule has 0 aromatic carbocycles. The number of nitrogens with one attached hydrogen (secondary N) is 1. The maximum absolute atomic E-state index is 10.1. The van der Waals surface area contributed by atoms with E-state index in [9.17, 15) is 4.79 Å². The van der Waals surface area contributed by atoms with E-state index in [0.29, 0.717) is 6.04 Å². The van der Waals surface area contributed by atoms with Gasteiger partial charge in [0, 0.05) is 12.6 Å². The summed E-state index contributed by atoms with van der Waals surface area (Å²) in [6.07, 6.45) is 3.15. The lowest BCUT2D eigenvalue weighted by Crippen LogP contribution is -2.44. The number of likely N-dealkylation sites (N-methyl/N-ethyl adjacent to an activating group) is 1. The molecule has 0 aromatic heterocycles. The van der Waals surface area contributed by atoms with Gasteiger partial charge < -0.3 is 10.2 Å². The molecule has 1 unspecified atom stereocenters. The predicted octanol–water partition coefficient (Wildman–Crippen LogP) is 0.217. The van der Waals surface area contributed by atoms with Crippen LogP contribution in [0.25, 0.3) is 0 Å². The molecule has 1 fully saturated rings. The maximum atomic E-state index is 10.1. The lowest BCUT2D eigenvalue weighted by Gasteiger charge is -2.31. The first-order valence-corrected chi connectivity index (χ1v) is 4.29. The van der Waals surface area contributed by atoms with Crippen molar-refractivity contribution in [3.63, 3.8) is 0 Å². The van der Waals surface area contributed by atoms with Gasteiger partial charge in [0.1, 0.15) is 0 Å². The molecule has 0 aromatic rings. The van der Waals surface area contributed by atoms with Crippen LogP contribution in [0.5, 0.6) is 0 Å². The van der Waals surface area contributed by atoms with Crippen LogP contribution in [0.15, 0.2) is 0 Å². The monoisotopic (exact) mass is 156 g/mol. The summed E-state index contributed by atoms with van der Waals surface area (Å²) in [5, 5.41) is 2.83. The molecule has 1 rings (SSSR count). The van der Waals surface area contributed by atoms with E-state index < -0.39 is 0 Å². The van der Waals surface area contributed by atoms with Gasteiger partial charge in [-0.3, -0.25) is 4.79 Å². The molecule has 1 aliphatic heterocycles. The van der Waals surface area contributed by atoms with Gasteiger partial charge in [-0.15, -0.1) is 0 Å². The Bertz CT molecular complexity index is 127. The number of piperidine rings is 1. The molecule has 3 nitrogen and oxygen atoms in total. The van der Waals surface area contributed by atoms with Crippen LogP contribution in [0.4, 0.5) is 0 Å². The van der Waals surface area contributed by atoms with Gasteiger partial charge in [0.15, 0.2) is 0 Å². The van der Waals surface area contributed by atoms with Crippen molar-refractivity contribution in [3.05, 3.63) is 0 Å². The highest BCUT2D eigenvalue weighted by atomic mass is 16.1. The quantitative estimate of drug-likeness (QED) is 0.593. The van der Waals surface area contributed by atoms with Gasteiger partial charge >= 0.3 is 0 Å². The summed E-state index contributed by atoms with van der Waals surface area (Å²) in [7, 11) is 0. The van der Waals surface area contributed by atoms with Gasteiger partial charge in [0.25, 0.3) is 0 Å². The van der Waals surface area contributed by atoms with Crippen LogP contribution < -0.4 is 5.32 Å². The number of likely N-dealkylation sites (tertiary alicyclic amines) is 1. The predicted molar refractivity (Wildman–Crippen MR) is 44.3 cm³/mol. The summed E-state index contributed by atoms with van der Waals surface area (Å²) in [4.78, 5) is 12.5. The zero-order chi connectivity index (χ0) is 8.10. The zero-order valence-electron chi connectivity index (χ0n) is 7.05. The van der Waals surface area contributed by atoms with Gasteiger partial charge in [-0.05, 0) is 25.9 Å². The first kappa shape index (κ1) is 8.53. The lowest BCUT2D eigenvalue weighted by molar-refractivity contribution is -0.110. The van der Waals surface area contributed by atoms with Crippen LogP contribution in [0.1, 0.15) is 19.8 Å². The molecule has 1 heterocycles. The molecular weight excluding hydrogens is 140 g/mol. The highest BCUT2D eigenvalue weighted by molar-refractivity contribution is 5.46. The average molecular weight is 156 g/mol. The molecule has 1 N–H and O–H groups in total. The van der Waals surface area contributed by atoms with Crippen LogP contribution in [0.3, 0.4) is 0 Å². The molecule has 64 valence electrons. The van der Waals surface area contributed by atoms with E-state index in [1.54, 1.807) is 0 Å². The van der Waals surface area contributed by atoms with E-state index in [1.165, 1.54) is 13.0 Å². The summed E-state index contributed by atoms with van der Waals surface area (Å²) < 4.78 is 0. The third-order valence-electron chi connectivity index (χ3n) is 2.26. The molecule has 0 saturated carbocycles. The van der Waals surface area contributed by atoms with Crippen molar-refractivity contribution in [2.45, 2.75) is 25.8 Å². The summed E-state index contributed by atoms with van der Waals surface area (Å²) in [6, 6.07) is 0.390. The smallest absolute Gasteiger partial charge is 0.207 e. The number of amides is 1. The van der Waals surface area contributed by atoms with E-state index >= 15 is 0 Å². The fraction of sp³-hybridized carbons (Fsp3) is 0.875. The fourth-order valence-corrected chi connectivity index (χ4v) is 1.58. The third kappa shape index (κ3) is 2.50. The number of carbonyl (C=O) groups is 1. The van der Waals surface area contributed by atoms with Crippen LogP contribution in [-0.4, -0.2) is 37.0 Å². The molecule has 1 saturated heterocycles. The maximum Gasteiger partial charge on any atom is 0.207 e. The molecule has 0 spiro atoms. The first-order valence-electron chi connectivity index (χ1n) is 4.29. The molecule has 1 amide bonds. The Morgan fingerprint density at radius 1 is 1.73 bits per heavy atom. The lowest BCUT2D eigenvalue weighted by atomic mass is 10.1. The standard InChI is InChI=1S/C8H16N2O/c1-2-10-5-3-4-8(6-10)9-7-11/h7-8H,2-6H2,1H3,(H,9,11). The molecule has 0 radical (unpaired) electrons. The largest absolute Gasteiger partial charge is 0.355 e. The Balaban J connectivity index is 2.27. The van der Waals surface area contributed by atoms with Gasteiger partial charge in [0.2, 0.25) is 6.41 Å². The van der Waals surface area contributed by atoms with Crippen molar-refractivity contribution in [2.24, 2.45) is 0 Å². The van der Waals surface area contributed by atoms with Crippen LogP contribution in [0, 0.1) is 0 Å². The van der Waals surface area contributed by atoms with Crippen molar-refractivity contribution < 1.29 is 4.79 Å². The number of rotatable bonds is 3. The molecule has 0 bridgehead atoms. The molecule has 1 atom stereocenters. The topological polar surface area (TPSA) is 32.3 Å². The van der Waals surface area contributed by atoms with Gasteiger partial charge in [-0.2, -0.15) is 0 Å². The van der Waals surface area contributed by atoms with E-state index in [0.717, 1.165) is 25.9 Å². The fourth-order valence-electron chi connectivity index (χ4n) is 1.58. The third-order valence-corrected chi connectivity index (χ3v) is 2.26. The SMILES string of the molecule is CCN1CCCC(NC=O)C1. The second kappa shape index (κ2) is 4.34. The Hall–Kier alpha value is -0.570. The molecule has 11 heavy (non-hydrogen) atoms. The highest BCUT2D eigenvalue weighted by Gasteiger charge is 2.16. The van der Waals surface area contributed by atoms with Crippen molar-refractivity contribution >= 4 is 6.41 Å². The summed E-state index contributed by atoms with van der Waals surface area (Å²) in [6.45, 7) is 5.46. The van der Waals surface area contributed by atoms with Crippen molar-refractivity contribution in [1.82, 2.24) is 10.2 Å². The van der Waals surface area contributed by atoms with Gasteiger partial charge in [-0.25, -0.2) is 0 Å². The van der Waals surface area contributed by atoms with Gasteiger partial charge in [0.05, 0.1) is 0 Å². The van der Waals surface area contributed by atoms with Gasteiger partial charge in [-0.1, -0.05) is 6.92 Å². The normalized spacial score (nSPS) is 26.5. The minimum atomic E-state index is 0.390. The Morgan fingerprint density at radius 2 is 2.55 bits per heavy atom. The number of nitrogens with zero attached hydrogens (tertiary/aromatic N) is 1. The first-order chi connectivity index (χ1) is 5.36. The number of hydrogen-bond acceptors (Lipinski definition) is 2. The van der Waals surface area contributed by atoms with Crippen molar-refractivity contribution in [3.8, 4) is 0 Å². The van der Waals surface area contributed by atoms with Crippen LogP contribution in [0.2, 0.25) is 0 Å². The summed E-state index contributed by atoms with van der Waals surface area (Å²) in [5.41, 5.74) is 0.